The number of carbonyl (C=O) groups is 1. The third kappa shape index (κ3) is 6.92. The van der Waals surface area contributed by atoms with E-state index in [9.17, 15) is 13.6 Å². The van der Waals surface area contributed by atoms with Crippen LogP contribution in [0.5, 0.6) is 5.75 Å². The molecule has 1 saturated heterocycles. The largest absolute Gasteiger partial charge is 0.435 e. The van der Waals surface area contributed by atoms with Crippen LogP contribution in [0.2, 0.25) is 0 Å². The minimum Gasteiger partial charge on any atom is -0.435 e. The van der Waals surface area contributed by atoms with Crippen molar-refractivity contribution in [1.29, 1.82) is 0 Å². The maximum Gasteiger partial charge on any atom is 0.387 e. The number of hydrogen-bond donors (Lipinski definition) is 2. The Morgan fingerprint density at radius 1 is 1.26 bits per heavy atom. The highest BCUT2D eigenvalue weighted by molar-refractivity contribution is 5.78. The van der Waals surface area contributed by atoms with Crippen molar-refractivity contribution in [2.24, 2.45) is 0 Å². The van der Waals surface area contributed by atoms with Crippen molar-refractivity contribution >= 4 is 5.91 Å². The van der Waals surface area contributed by atoms with Crippen molar-refractivity contribution in [3.05, 3.63) is 29.8 Å². The van der Waals surface area contributed by atoms with Gasteiger partial charge >= 0.3 is 6.61 Å². The van der Waals surface area contributed by atoms with E-state index in [1.807, 2.05) is 0 Å². The minimum atomic E-state index is -2.83. The lowest BCUT2D eigenvalue weighted by Crippen LogP contribution is -2.44. The summed E-state index contributed by atoms with van der Waals surface area (Å²) < 4.78 is 28.4. The number of piperazine rings is 1. The van der Waals surface area contributed by atoms with Crippen molar-refractivity contribution in [3.63, 3.8) is 0 Å². The smallest absolute Gasteiger partial charge is 0.387 e. The maximum absolute atomic E-state index is 12.0. The van der Waals surface area contributed by atoms with Crippen LogP contribution in [0, 0.1) is 0 Å². The first-order valence-electron chi connectivity index (χ1n) is 7.87. The second-order valence-corrected chi connectivity index (χ2v) is 5.49. The summed E-state index contributed by atoms with van der Waals surface area (Å²) in [7, 11) is 0. The number of ether oxygens (including phenoxy) is 1. The van der Waals surface area contributed by atoms with E-state index in [0.29, 0.717) is 6.54 Å². The Labute approximate surface area is 135 Å². The lowest BCUT2D eigenvalue weighted by molar-refractivity contribution is -0.120. The quantitative estimate of drug-likeness (QED) is 0.706. The SMILES string of the molecule is O=C(Cc1ccc(OC(F)F)cc1)NCCCN1CCNCC1. The fourth-order valence-electron chi connectivity index (χ4n) is 2.50. The van der Waals surface area contributed by atoms with E-state index in [1.165, 1.54) is 12.1 Å². The monoisotopic (exact) mass is 327 g/mol. The number of carbonyl (C=O) groups excluding carboxylic acids is 1. The molecule has 0 bridgehead atoms. The molecule has 23 heavy (non-hydrogen) atoms. The average Bonchev–Trinajstić information content (AvgIpc) is 2.54. The molecule has 2 N–H and O–H groups in total. The number of halogens is 2. The lowest BCUT2D eigenvalue weighted by atomic mass is 10.1. The molecule has 1 aliphatic heterocycles. The van der Waals surface area contributed by atoms with Crippen LogP contribution in [0.3, 0.4) is 0 Å². The van der Waals surface area contributed by atoms with Gasteiger partial charge in [0.2, 0.25) is 5.91 Å². The topological polar surface area (TPSA) is 53.6 Å². The molecule has 0 saturated carbocycles. The fourth-order valence-corrected chi connectivity index (χ4v) is 2.50. The summed E-state index contributed by atoms with van der Waals surface area (Å²) in [5, 5.41) is 6.19. The van der Waals surface area contributed by atoms with Gasteiger partial charge in [-0.25, -0.2) is 0 Å². The molecule has 0 aliphatic carbocycles. The predicted molar refractivity (Wildman–Crippen MR) is 83.7 cm³/mol. The van der Waals surface area contributed by atoms with E-state index < -0.39 is 6.61 Å². The normalized spacial score (nSPS) is 15.6. The van der Waals surface area contributed by atoms with Gasteiger partial charge in [-0.15, -0.1) is 0 Å². The number of benzene rings is 1. The van der Waals surface area contributed by atoms with E-state index in [4.69, 9.17) is 0 Å². The first-order valence-corrected chi connectivity index (χ1v) is 7.87. The Bertz CT molecular complexity index is 477. The third-order valence-corrected chi connectivity index (χ3v) is 3.70. The van der Waals surface area contributed by atoms with E-state index in [0.717, 1.165) is 44.7 Å². The van der Waals surface area contributed by atoms with Gasteiger partial charge < -0.3 is 20.3 Å². The number of hydrogen-bond acceptors (Lipinski definition) is 4. The van der Waals surface area contributed by atoms with Crippen LogP contribution in [-0.4, -0.2) is 56.7 Å². The van der Waals surface area contributed by atoms with Crippen LogP contribution >= 0.6 is 0 Å². The highest BCUT2D eigenvalue weighted by Crippen LogP contribution is 2.15. The Balaban J connectivity index is 1.62. The van der Waals surface area contributed by atoms with E-state index in [1.54, 1.807) is 12.1 Å². The molecular formula is C16H23F2N3O2. The molecule has 0 unspecified atom stereocenters. The van der Waals surface area contributed by atoms with Crippen molar-refractivity contribution < 1.29 is 18.3 Å². The molecule has 1 heterocycles. The van der Waals surface area contributed by atoms with Crippen molar-refractivity contribution in [3.8, 4) is 5.75 Å². The van der Waals surface area contributed by atoms with Gasteiger partial charge in [-0.2, -0.15) is 8.78 Å². The molecule has 1 aliphatic rings. The molecular weight excluding hydrogens is 304 g/mol. The summed E-state index contributed by atoms with van der Waals surface area (Å²) in [6.45, 7) is 2.97. The molecule has 1 amide bonds. The van der Waals surface area contributed by atoms with Gasteiger partial charge in [-0.3, -0.25) is 4.79 Å². The Morgan fingerprint density at radius 3 is 2.61 bits per heavy atom. The maximum atomic E-state index is 12.0. The number of amides is 1. The number of alkyl halides is 2. The molecule has 0 aromatic heterocycles. The van der Waals surface area contributed by atoms with Crippen LogP contribution in [0.4, 0.5) is 8.78 Å². The first kappa shape index (κ1) is 17.6. The van der Waals surface area contributed by atoms with Crippen LogP contribution in [0.1, 0.15) is 12.0 Å². The van der Waals surface area contributed by atoms with Gasteiger partial charge in [0.1, 0.15) is 5.75 Å². The molecule has 7 heteroatoms. The zero-order valence-electron chi connectivity index (χ0n) is 13.1. The van der Waals surface area contributed by atoms with Crippen LogP contribution in [0.15, 0.2) is 24.3 Å². The van der Waals surface area contributed by atoms with Gasteiger partial charge in [0.05, 0.1) is 6.42 Å². The highest BCUT2D eigenvalue weighted by atomic mass is 19.3. The number of nitrogens with one attached hydrogen (secondary N) is 2. The fraction of sp³-hybridized carbons (Fsp3) is 0.562. The van der Waals surface area contributed by atoms with Crippen LogP contribution in [0.25, 0.3) is 0 Å². The second kappa shape index (κ2) is 9.42. The molecule has 1 aromatic rings. The Kier molecular flexibility index (Phi) is 7.22. The van der Waals surface area contributed by atoms with Crippen molar-refractivity contribution in [2.75, 3.05) is 39.3 Å². The lowest BCUT2D eigenvalue weighted by Gasteiger charge is -2.27. The predicted octanol–water partition coefficient (Wildman–Crippen LogP) is 1.24. The van der Waals surface area contributed by atoms with Crippen LogP contribution in [-0.2, 0) is 11.2 Å². The average molecular weight is 327 g/mol. The van der Waals surface area contributed by atoms with E-state index in [2.05, 4.69) is 20.3 Å². The molecule has 0 spiro atoms. The zero-order valence-corrected chi connectivity index (χ0v) is 13.1. The first-order chi connectivity index (χ1) is 11.1. The summed E-state index contributed by atoms with van der Waals surface area (Å²) in [6, 6.07) is 6.13. The van der Waals surface area contributed by atoms with Gasteiger partial charge in [0.15, 0.2) is 0 Å². The molecule has 0 radical (unpaired) electrons. The van der Waals surface area contributed by atoms with Crippen LogP contribution < -0.4 is 15.4 Å². The van der Waals surface area contributed by atoms with Gasteiger partial charge in [0, 0.05) is 32.7 Å². The summed E-state index contributed by atoms with van der Waals surface area (Å²) in [5.41, 5.74) is 0.770. The highest BCUT2D eigenvalue weighted by Gasteiger charge is 2.09. The minimum absolute atomic E-state index is 0.0622. The zero-order chi connectivity index (χ0) is 16.5. The molecule has 1 fully saturated rings. The van der Waals surface area contributed by atoms with E-state index in [-0.39, 0.29) is 18.1 Å². The summed E-state index contributed by atoms with van der Waals surface area (Å²) in [5.74, 6) is 0.0352. The number of rotatable bonds is 8. The molecule has 1 aromatic carbocycles. The second-order valence-electron chi connectivity index (χ2n) is 5.49. The third-order valence-electron chi connectivity index (χ3n) is 3.70. The van der Waals surface area contributed by atoms with Gasteiger partial charge in [-0.1, -0.05) is 12.1 Å². The van der Waals surface area contributed by atoms with E-state index >= 15 is 0 Å². The molecule has 2 rings (SSSR count). The molecule has 5 nitrogen and oxygen atoms in total. The summed E-state index contributed by atoms with van der Waals surface area (Å²) in [4.78, 5) is 14.2. The Morgan fingerprint density at radius 2 is 1.96 bits per heavy atom. The van der Waals surface area contributed by atoms with Gasteiger partial charge in [-0.05, 0) is 30.7 Å². The standard InChI is InChI=1S/C16H23F2N3O2/c17-16(18)23-14-4-2-13(3-5-14)12-15(22)20-6-1-9-21-10-7-19-8-11-21/h2-5,16,19H,1,6-12H2,(H,20,22). The molecule has 128 valence electrons. The Hall–Kier alpha value is -1.73. The summed E-state index contributed by atoms with van der Waals surface area (Å²) >= 11 is 0. The van der Waals surface area contributed by atoms with Crippen molar-refractivity contribution in [1.82, 2.24) is 15.5 Å². The van der Waals surface area contributed by atoms with Crippen molar-refractivity contribution in [2.45, 2.75) is 19.5 Å². The summed E-state index contributed by atoms with van der Waals surface area (Å²) in [6.07, 6.45) is 1.16. The van der Waals surface area contributed by atoms with Gasteiger partial charge in [0.25, 0.3) is 0 Å². The molecule has 0 atom stereocenters. The number of nitrogens with zero attached hydrogens (tertiary/aromatic N) is 1.